The van der Waals surface area contributed by atoms with E-state index in [0.717, 1.165) is 5.56 Å². The van der Waals surface area contributed by atoms with Crippen molar-refractivity contribution in [3.8, 4) is 5.75 Å². The Labute approximate surface area is 131 Å². The standard InChI is InChI=1S/C17H14F3O3/c18-17(19,20)23-15-9-6-13(7-10-15)8-11-16(21)22-12-14-4-2-1-3-5-14/h1-7,9-11H,8,12H2. The topological polar surface area (TPSA) is 35.5 Å². The van der Waals surface area contributed by atoms with E-state index in [1.807, 2.05) is 30.3 Å². The molecule has 0 N–H and O–H groups in total. The summed E-state index contributed by atoms with van der Waals surface area (Å²) in [6.45, 7) is 0.175. The molecular weight excluding hydrogens is 309 g/mol. The molecule has 0 unspecified atom stereocenters. The molecule has 0 aromatic heterocycles. The zero-order valence-electron chi connectivity index (χ0n) is 12.0. The van der Waals surface area contributed by atoms with Gasteiger partial charge in [-0.05, 0) is 29.7 Å². The molecule has 0 bridgehead atoms. The average molecular weight is 323 g/mol. The quantitative estimate of drug-likeness (QED) is 0.752. The number of alkyl halides is 3. The summed E-state index contributed by atoms with van der Waals surface area (Å²) in [5.74, 6) is -0.780. The van der Waals surface area contributed by atoms with Crippen LogP contribution in [-0.2, 0) is 22.6 Å². The van der Waals surface area contributed by atoms with E-state index in [1.54, 1.807) is 0 Å². The van der Waals surface area contributed by atoms with Crippen LogP contribution in [0.2, 0.25) is 0 Å². The predicted molar refractivity (Wildman–Crippen MR) is 77.4 cm³/mol. The Morgan fingerprint density at radius 1 is 0.957 bits per heavy atom. The molecule has 121 valence electrons. The summed E-state index contributed by atoms with van der Waals surface area (Å²) in [6, 6.07) is 14.6. The molecule has 0 atom stereocenters. The first-order valence-corrected chi connectivity index (χ1v) is 6.81. The van der Waals surface area contributed by atoms with Crippen molar-refractivity contribution < 1.29 is 27.4 Å². The summed E-state index contributed by atoms with van der Waals surface area (Å²) in [4.78, 5) is 11.6. The third kappa shape index (κ3) is 6.42. The molecule has 0 aliphatic heterocycles. The Hall–Kier alpha value is -2.50. The molecule has 0 aliphatic carbocycles. The van der Waals surface area contributed by atoms with Crippen molar-refractivity contribution >= 4 is 5.97 Å². The predicted octanol–water partition coefficient (Wildman–Crippen LogP) is 4.08. The van der Waals surface area contributed by atoms with Gasteiger partial charge in [-0.2, -0.15) is 0 Å². The van der Waals surface area contributed by atoms with Gasteiger partial charge < -0.3 is 9.47 Å². The smallest absolute Gasteiger partial charge is 0.461 e. The number of ether oxygens (including phenoxy) is 2. The van der Waals surface area contributed by atoms with Gasteiger partial charge in [-0.25, -0.2) is 0 Å². The van der Waals surface area contributed by atoms with E-state index in [1.165, 1.54) is 30.7 Å². The first-order chi connectivity index (χ1) is 10.9. The Morgan fingerprint density at radius 3 is 2.22 bits per heavy atom. The molecule has 0 amide bonds. The largest absolute Gasteiger partial charge is 0.573 e. The lowest BCUT2D eigenvalue weighted by Gasteiger charge is -2.09. The molecule has 23 heavy (non-hydrogen) atoms. The third-order valence-electron chi connectivity index (χ3n) is 2.89. The van der Waals surface area contributed by atoms with E-state index < -0.39 is 12.3 Å². The minimum Gasteiger partial charge on any atom is -0.461 e. The molecule has 0 fully saturated rings. The fourth-order valence-electron chi connectivity index (χ4n) is 1.82. The van der Waals surface area contributed by atoms with Crippen LogP contribution in [0.5, 0.6) is 5.75 Å². The molecular formula is C17H14F3O3. The van der Waals surface area contributed by atoms with E-state index in [-0.39, 0.29) is 18.8 Å². The Kier molecular flexibility index (Phi) is 5.62. The second kappa shape index (κ2) is 7.67. The third-order valence-corrected chi connectivity index (χ3v) is 2.89. The number of hydrogen-bond acceptors (Lipinski definition) is 3. The van der Waals surface area contributed by atoms with Crippen molar-refractivity contribution in [1.29, 1.82) is 0 Å². The van der Waals surface area contributed by atoms with Crippen molar-refractivity contribution in [2.24, 2.45) is 0 Å². The average Bonchev–Trinajstić information content (AvgIpc) is 2.52. The van der Waals surface area contributed by atoms with Gasteiger partial charge in [0.25, 0.3) is 0 Å². The molecule has 2 aromatic carbocycles. The van der Waals surface area contributed by atoms with Crippen molar-refractivity contribution in [3.05, 3.63) is 72.1 Å². The highest BCUT2D eigenvalue weighted by molar-refractivity contribution is 5.79. The summed E-state index contributed by atoms with van der Waals surface area (Å²) < 4.78 is 44.9. The van der Waals surface area contributed by atoms with Gasteiger partial charge in [0.1, 0.15) is 12.4 Å². The molecule has 1 radical (unpaired) electrons. The van der Waals surface area contributed by atoms with Gasteiger partial charge in [-0.3, -0.25) is 4.79 Å². The van der Waals surface area contributed by atoms with Crippen LogP contribution < -0.4 is 4.74 Å². The molecule has 6 heteroatoms. The van der Waals surface area contributed by atoms with Gasteiger partial charge >= 0.3 is 12.3 Å². The fraction of sp³-hybridized carbons (Fsp3) is 0.176. The lowest BCUT2D eigenvalue weighted by molar-refractivity contribution is -0.274. The van der Waals surface area contributed by atoms with E-state index in [2.05, 4.69) is 4.74 Å². The normalized spacial score (nSPS) is 11.1. The number of hydrogen-bond donors (Lipinski definition) is 0. The number of benzene rings is 2. The number of carbonyl (C=O) groups is 1. The summed E-state index contributed by atoms with van der Waals surface area (Å²) in [7, 11) is 0. The number of halogens is 3. The first-order valence-electron chi connectivity index (χ1n) is 6.81. The maximum atomic E-state index is 12.0. The molecule has 2 aromatic rings. The highest BCUT2D eigenvalue weighted by Gasteiger charge is 2.30. The molecule has 0 aliphatic rings. The van der Waals surface area contributed by atoms with Crippen LogP contribution >= 0.6 is 0 Å². The molecule has 0 saturated carbocycles. The van der Waals surface area contributed by atoms with E-state index in [0.29, 0.717) is 5.56 Å². The lowest BCUT2D eigenvalue weighted by Crippen LogP contribution is -2.17. The number of esters is 1. The van der Waals surface area contributed by atoms with Gasteiger partial charge in [0.15, 0.2) is 0 Å². The monoisotopic (exact) mass is 323 g/mol. The second-order valence-corrected chi connectivity index (χ2v) is 4.69. The minimum atomic E-state index is -4.71. The van der Waals surface area contributed by atoms with Gasteiger partial charge in [-0.15, -0.1) is 13.2 Å². The van der Waals surface area contributed by atoms with Crippen LogP contribution in [0, 0.1) is 6.42 Å². The Morgan fingerprint density at radius 2 is 1.61 bits per heavy atom. The van der Waals surface area contributed by atoms with Crippen LogP contribution in [0.1, 0.15) is 11.1 Å². The maximum absolute atomic E-state index is 12.0. The van der Waals surface area contributed by atoms with Crippen LogP contribution in [-0.4, -0.2) is 12.3 Å². The summed E-state index contributed by atoms with van der Waals surface area (Å²) >= 11 is 0. The van der Waals surface area contributed by atoms with Gasteiger partial charge in [0.05, 0.1) is 6.42 Å². The SMILES string of the molecule is O=C([CH]Cc1ccc(OC(F)(F)F)cc1)OCc1ccccc1. The summed E-state index contributed by atoms with van der Waals surface area (Å²) in [6.07, 6.45) is -3.11. The van der Waals surface area contributed by atoms with E-state index in [9.17, 15) is 18.0 Å². The van der Waals surface area contributed by atoms with Crippen LogP contribution in [0.15, 0.2) is 54.6 Å². The highest BCUT2D eigenvalue weighted by atomic mass is 19.4. The molecule has 0 spiro atoms. The molecule has 3 nitrogen and oxygen atoms in total. The zero-order valence-corrected chi connectivity index (χ0v) is 12.0. The van der Waals surface area contributed by atoms with E-state index in [4.69, 9.17) is 4.74 Å². The number of rotatable bonds is 6. The number of carbonyl (C=O) groups excluding carboxylic acids is 1. The van der Waals surface area contributed by atoms with Crippen molar-refractivity contribution in [1.82, 2.24) is 0 Å². The first kappa shape index (κ1) is 16.9. The molecule has 0 saturated heterocycles. The minimum absolute atomic E-state index is 0.175. The van der Waals surface area contributed by atoms with Crippen molar-refractivity contribution in [2.45, 2.75) is 19.4 Å². The molecule has 0 heterocycles. The van der Waals surface area contributed by atoms with Crippen LogP contribution in [0.3, 0.4) is 0 Å². The zero-order chi connectivity index (χ0) is 16.7. The Balaban J connectivity index is 1.76. The van der Waals surface area contributed by atoms with E-state index >= 15 is 0 Å². The van der Waals surface area contributed by atoms with Gasteiger partial charge in [0, 0.05) is 0 Å². The second-order valence-electron chi connectivity index (χ2n) is 4.69. The highest BCUT2D eigenvalue weighted by Crippen LogP contribution is 2.23. The molecule has 2 rings (SSSR count). The van der Waals surface area contributed by atoms with Gasteiger partial charge in [0.2, 0.25) is 0 Å². The van der Waals surface area contributed by atoms with Crippen LogP contribution in [0.25, 0.3) is 0 Å². The van der Waals surface area contributed by atoms with Crippen molar-refractivity contribution in [3.63, 3.8) is 0 Å². The van der Waals surface area contributed by atoms with Crippen molar-refractivity contribution in [2.75, 3.05) is 0 Å². The fourth-order valence-corrected chi connectivity index (χ4v) is 1.82. The summed E-state index contributed by atoms with van der Waals surface area (Å²) in [5, 5.41) is 0. The Bertz CT molecular complexity index is 622. The lowest BCUT2D eigenvalue weighted by atomic mass is 10.1. The maximum Gasteiger partial charge on any atom is 0.573 e. The summed E-state index contributed by atoms with van der Waals surface area (Å²) in [5.41, 5.74) is 1.55. The van der Waals surface area contributed by atoms with Crippen LogP contribution in [0.4, 0.5) is 13.2 Å². The van der Waals surface area contributed by atoms with Gasteiger partial charge in [-0.1, -0.05) is 42.5 Å².